The van der Waals surface area contributed by atoms with Crippen molar-refractivity contribution < 1.29 is 4.79 Å². The second-order valence-electron chi connectivity index (χ2n) is 10.1. The average Bonchev–Trinajstić information content (AvgIpc) is 2.79. The van der Waals surface area contributed by atoms with Crippen molar-refractivity contribution >= 4 is 23.0 Å². The minimum absolute atomic E-state index is 0.349. The molecular formula is C27H38N4O. The topological polar surface area (TPSA) is 48.8 Å². The minimum Gasteiger partial charge on any atom is -0.342 e. The Balaban J connectivity index is 1.48. The number of carbonyl (C=O) groups is 1. The van der Waals surface area contributed by atoms with Crippen molar-refractivity contribution in [1.29, 1.82) is 0 Å². The Morgan fingerprint density at radius 2 is 2.00 bits per heavy atom. The summed E-state index contributed by atoms with van der Waals surface area (Å²) in [5.74, 6) is 1.74. The van der Waals surface area contributed by atoms with E-state index in [1.54, 1.807) is 7.05 Å². The lowest BCUT2D eigenvalue weighted by Gasteiger charge is -2.39. The van der Waals surface area contributed by atoms with E-state index in [0.29, 0.717) is 36.1 Å². The summed E-state index contributed by atoms with van der Waals surface area (Å²) < 4.78 is 0. The zero-order valence-electron chi connectivity index (χ0n) is 20.1. The number of benzene rings is 1. The number of fused-ring (bicyclic) bond motifs is 1. The Morgan fingerprint density at radius 1 is 1.22 bits per heavy atom. The van der Waals surface area contributed by atoms with Gasteiger partial charge in [-0.1, -0.05) is 25.1 Å². The second kappa shape index (κ2) is 10.1. The number of pyridine rings is 1. The van der Waals surface area contributed by atoms with Gasteiger partial charge >= 0.3 is 0 Å². The molecule has 5 nitrogen and oxygen atoms in total. The smallest absolute Gasteiger partial charge is 0.222 e. The Labute approximate surface area is 192 Å². The van der Waals surface area contributed by atoms with Crippen molar-refractivity contribution in [3.05, 3.63) is 41.6 Å². The molecule has 2 aromatic rings. The number of likely N-dealkylation sites (tertiary alicyclic amines) is 2. The maximum Gasteiger partial charge on any atom is 0.222 e. The van der Waals surface area contributed by atoms with Crippen LogP contribution in [0.3, 0.4) is 0 Å². The van der Waals surface area contributed by atoms with E-state index in [4.69, 9.17) is 0 Å². The van der Waals surface area contributed by atoms with Crippen LogP contribution in [0, 0.1) is 11.8 Å². The van der Waals surface area contributed by atoms with Crippen LogP contribution < -0.4 is 0 Å². The predicted molar refractivity (Wildman–Crippen MR) is 132 cm³/mol. The van der Waals surface area contributed by atoms with Gasteiger partial charge in [0.2, 0.25) is 5.91 Å². The van der Waals surface area contributed by atoms with Crippen molar-refractivity contribution in [3.8, 4) is 0 Å². The summed E-state index contributed by atoms with van der Waals surface area (Å²) in [6, 6.07) is 9.14. The molecule has 3 heterocycles. The minimum atomic E-state index is 0.349. The van der Waals surface area contributed by atoms with E-state index in [1.807, 2.05) is 18.5 Å². The molecule has 0 N–H and O–H groups in total. The fourth-order valence-corrected chi connectivity index (χ4v) is 5.65. The third-order valence-electron chi connectivity index (χ3n) is 7.40. The first-order valence-electron chi connectivity index (χ1n) is 12.3. The van der Waals surface area contributed by atoms with Gasteiger partial charge in [-0.3, -0.25) is 14.8 Å². The van der Waals surface area contributed by atoms with E-state index < -0.39 is 0 Å². The number of aromatic nitrogens is 1. The molecule has 1 aromatic carbocycles. The molecule has 5 heteroatoms. The molecule has 0 saturated carbocycles. The number of piperidine rings is 2. The lowest BCUT2D eigenvalue weighted by atomic mass is 9.82. The lowest BCUT2D eigenvalue weighted by molar-refractivity contribution is -0.134. The van der Waals surface area contributed by atoms with Gasteiger partial charge in [0.25, 0.3) is 0 Å². The molecular weight excluding hydrogens is 396 g/mol. The summed E-state index contributed by atoms with van der Waals surface area (Å²) >= 11 is 0. The van der Waals surface area contributed by atoms with E-state index >= 15 is 0 Å². The van der Waals surface area contributed by atoms with Gasteiger partial charge < -0.3 is 9.80 Å². The third kappa shape index (κ3) is 5.03. The first-order valence-corrected chi connectivity index (χ1v) is 12.3. The van der Waals surface area contributed by atoms with Crippen LogP contribution in [-0.2, 0) is 4.79 Å². The number of carbonyl (C=O) groups excluding carboxylic acids is 1. The van der Waals surface area contributed by atoms with E-state index in [1.165, 1.54) is 10.9 Å². The van der Waals surface area contributed by atoms with Gasteiger partial charge in [-0.2, -0.15) is 0 Å². The molecule has 2 saturated heterocycles. The second-order valence-corrected chi connectivity index (χ2v) is 10.1. The molecule has 4 rings (SSSR count). The Hall–Kier alpha value is -2.27. The Kier molecular flexibility index (Phi) is 7.24. The summed E-state index contributed by atoms with van der Waals surface area (Å²) in [6.07, 6.45) is 7.84. The highest BCUT2D eigenvalue weighted by molar-refractivity contribution is 5.99. The van der Waals surface area contributed by atoms with Gasteiger partial charge in [0, 0.05) is 61.9 Å². The summed E-state index contributed by atoms with van der Waals surface area (Å²) in [5, 5.41) is 1.19. The van der Waals surface area contributed by atoms with Gasteiger partial charge in [-0.25, -0.2) is 0 Å². The van der Waals surface area contributed by atoms with Crippen molar-refractivity contribution in [3.63, 3.8) is 0 Å². The maximum atomic E-state index is 13.3. The molecule has 2 aliphatic rings. The van der Waals surface area contributed by atoms with Crippen LogP contribution in [0.5, 0.6) is 0 Å². The van der Waals surface area contributed by atoms with Crippen molar-refractivity contribution in [1.82, 2.24) is 14.8 Å². The quantitative estimate of drug-likeness (QED) is 0.638. The fourth-order valence-electron chi connectivity index (χ4n) is 5.65. The molecule has 0 aliphatic carbocycles. The highest BCUT2D eigenvalue weighted by atomic mass is 16.2. The van der Waals surface area contributed by atoms with Crippen LogP contribution in [0.4, 0.5) is 0 Å². The first-order chi connectivity index (χ1) is 15.5. The summed E-state index contributed by atoms with van der Waals surface area (Å²) in [5.41, 5.74) is 3.37. The molecule has 172 valence electrons. The monoisotopic (exact) mass is 434 g/mol. The van der Waals surface area contributed by atoms with Crippen LogP contribution in [-0.4, -0.2) is 66.2 Å². The van der Waals surface area contributed by atoms with Gasteiger partial charge in [-0.15, -0.1) is 0 Å². The molecule has 0 unspecified atom stereocenters. The number of amides is 1. The molecule has 32 heavy (non-hydrogen) atoms. The molecule has 2 atom stereocenters. The molecule has 2 fully saturated rings. The first kappa shape index (κ1) is 22.9. The van der Waals surface area contributed by atoms with E-state index in [2.05, 4.69) is 58.7 Å². The molecule has 0 spiro atoms. The maximum absolute atomic E-state index is 13.3. The molecule has 2 aliphatic heterocycles. The number of hydrogen-bond donors (Lipinski definition) is 0. The van der Waals surface area contributed by atoms with Gasteiger partial charge in [-0.05, 0) is 69.7 Å². The fraction of sp³-hybridized carbons (Fsp3) is 0.593. The predicted octanol–water partition coefficient (Wildman–Crippen LogP) is 4.75. The van der Waals surface area contributed by atoms with Crippen molar-refractivity contribution in [2.45, 2.75) is 58.4 Å². The highest BCUT2D eigenvalue weighted by Gasteiger charge is 2.31. The van der Waals surface area contributed by atoms with Crippen LogP contribution in [0.25, 0.3) is 10.9 Å². The van der Waals surface area contributed by atoms with Gasteiger partial charge in [0.15, 0.2) is 0 Å². The Morgan fingerprint density at radius 3 is 2.72 bits per heavy atom. The molecule has 0 radical (unpaired) electrons. The largest absolute Gasteiger partial charge is 0.342 e. The average molecular weight is 435 g/mol. The number of nitrogens with zero attached hydrogens (tertiary/aromatic N) is 4. The van der Waals surface area contributed by atoms with E-state index in [9.17, 15) is 4.79 Å². The molecule has 0 bridgehead atoms. The van der Waals surface area contributed by atoms with Crippen LogP contribution in [0.15, 0.2) is 35.5 Å². The van der Waals surface area contributed by atoms with Gasteiger partial charge in [0.1, 0.15) is 0 Å². The van der Waals surface area contributed by atoms with Crippen molar-refractivity contribution in [2.24, 2.45) is 16.8 Å². The molecule has 1 amide bonds. The van der Waals surface area contributed by atoms with Crippen LogP contribution in [0.2, 0.25) is 0 Å². The highest BCUT2D eigenvalue weighted by Crippen LogP contribution is 2.35. The van der Waals surface area contributed by atoms with Crippen LogP contribution >= 0.6 is 0 Å². The zero-order valence-corrected chi connectivity index (χ0v) is 20.1. The van der Waals surface area contributed by atoms with E-state index in [-0.39, 0.29) is 0 Å². The number of rotatable bonds is 5. The van der Waals surface area contributed by atoms with Crippen LogP contribution in [0.1, 0.15) is 63.5 Å². The lowest BCUT2D eigenvalue weighted by Crippen LogP contribution is -2.44. The zero-order chi connectivity index (χ0) is 22.7. The SMILES string of the molecule is CN=Cc1ccc([C@H]2C[C@@H](C)CN(C(=O)CC3CCN(C(C)C)CC3)C2)c2cccnc12. The standard InChI is InChI=1S/C27H38N4O/c1-19(2)30-12-9-21(10-13-30)15-26(32)31-17-20(3)14-23(18-31)24-8-7-22(16-28-4)27-25(24)6-5-11-29-27/h5-8,11,16,19-21,23H,9-10,12-15,17-18H2,1-4H3/t20-,23+/m1/s1. The van der Waals surface area contributed by atoms with Gasteiger partial charge in [0.05, 0.1) is 5.52 Å². The summed E-state index contributed by atoms with van der Waals surface area (Å²) in [6.45, 7) is 10.8. The summed E-state index contributed by atoms with van der Waals surface area (Å²) in [4.78, 5) is 26.8. The Bertz CT molecular complexity index is 961. The number of aliphatic imine (C=N–C) groups is 1. The summed E-state index contributed by atoms with van der Waals surface area (Å²) in [7, 11) is 1.79. The third-order valence-corrected chi connectivity index (χ3v) is 7.40. The van der Waals surface area contributed by atoms with E-state index in [0.717, 1.165) is 56.5 Å². The normalized spacial score (nSPS) is 23.5. The number of hydrogen-bond acceptors (Lipinski definition) is 4. The van der Waals surface area contributed by atoms with Crippen molar-refractivity contribution in [2.75, 3.05) is 33.2 Å². The molecule has 1 aromatic heterocycles.